The van der Waals surface area contributed by atoms with Crippen LogP contribution in [0.25, 0.3) is 11.6 Å². The number of hydrogen-bond donors (Lipinski definition) is 0. The van der Waals surface area contributed by atoms with Crippen molar-refractivity contribution in [3.05, 3.63) is 52.4 Å². The maximum Gasteiger partial charge on any atom is 0.265 e. The summed E-state index contributed by atoms with van der Waals surface area (Å²) in [5.41, 5.74) is 1.81. The summed E-state index contributed by atoms with van der Waals surface area (Å²) in [6.07, 6.45) is 1.65. The Balaban J connectivity index is 2.15. The van der Waals surface area contributed by atoms with Gasteiger partial charge in [-0.15, -0.1) is 0 Å². The molecular weight excluding hydrogens is 322 g/mol. The zero-order chi connectivity index (χ0) is 14.3. The number of imide groups is 1. The van der Waals surface area contributed by atoms with Gasteiger partial charge >= 0.3 is 0 Å². The number of para-hydroxylation sites is 1. The Morgan fingerprint density at radius 3 is 2.65 bits per heavy atom. The molecule has 0 saturated carbocycles. The second-order valence-electron chi connectivity index (χ2n) is 4.38. The molecule has 2 amide bonds. The molecule has 0 radical (unpaired) electrons. The van der Waals surface area contributed by atoms with Crippen LogP contribution in [0.4, 0.5) is 5.69 Å². The first kappa shape index (κ1) is 12.9. The standard InChI is InChI=1S/C15H10BrNO3/c1-9(18)17-13-5-3-2-4-11(13)12(15(17)19)8-10-6-7-14(16)20-10/h2-8H,1H3/b12-8-. The number of anilines is 1. The van der Waals surface area contributed by atoms with Gasteiger partial charge in [0.25, 0.3) is 5.91 Å². The molecule has 1 aliphatic heterocycles. The van der Waals surface area contributed by atoms with Gasteiger partial charge in [-0.3, -0.25) is 9.59 Å². The van der Waals surface area contributed by atoms with E-state index in [0.29, 0.717) is 21.7 Å². The van der Waals surface area contributed by atoms with Crippen LogP contribution >= 0.6 is 15.9 Å². The molecule has 0 saturated heterocycles. The predicted octanol–water partition coefficient (Wildman–Crippen LogP) is 3.48. The van der Waals surface area contributed by atoms with Crippen LogP contribution in [-0.2, 0) is 9.59 Å². The molecule has 0 aliphatic carbocycles. The fourth-order valence-electron chi connectivity index (χ4n) is 2.24. The highest BCUT2D eigenvalue weighted by Gasteiger charge is 2.34. The lowest BCUT2D eigenvalue weighted by atomic mass is 10.1. The van der Waals surface area contributed by atoms with Crippen molar-refractivity contribution in [1.82, 2.24) is 0 Å². The smallest absolute Gasteiger partial charge is 0.265 e. The average Bonchev–Trinajstić information content (AvgIpc) is 2.93. The summed E-state index contributed by atoms with van der Waals surface area (Å²) >= 11 is 3.22. The Kier molecular flexibility index (Phi) is 3.06. The van der Waals surface area contributed by atoms with Gasteiger partial charge in [-0.1, -0.05) is 18.2 Å². The fraction of sp³-hybridized carbons (Fsp3) is 0.0667. The first-order valence-corrected chi connectivity index (χ1v) is 6.78. The number of halogens is 1. The van der Waals surface area contributed by atoms with Gasteiger partial charge < -0.3 is 4.42 Å². The molecule has 4 nitrogen and oxygen atoms in total. The quantitative estimate of drug-likeness (QED) is 0.752. The normalized spacial score (nSPS) is 15.8. The molecule has 20 heavy (non-hydrogen) atoms. The molecule has 1 aromatic heterocycles. The third-order valence-electron chi connectivity index (χ3n) is 3.06. The second-order valence-corrected chi connectivity index (χ2v) is 5.16. The lowest BCUT2D eigenvalue weighted by molar-refractivity contribution is -0.122. The molecule has 0 fully saturated rings. The van der Waals surface area contributed by atoms with Crippen LogP contribution in [-0.4, -0.2) is 11.8 Å². The maximum absolute atomic E-state index is 12.4. The van der Waals surface area contributed by atoms with E-state index in [9.17, 15) is 9.59 Å². The predicted molar refractivity (Wildman–Crippen MR) is 78.9 cm³/mol. The highest BCUT2D eigenvalue weighted by atomic mass is 79.9. The number of carbonyl (C=O) groups excluding carboxylic acids is 2. The minimum absolute atomic E-state index is 0.300. The van der Waals surface area contributed by atoms with E-state index in [2.05, 4.69) is 15.9 Å². The van der Waals surface area contributed by atoms with Gasteiger partial charge in [0, 0.05) is 12.5 Å². The van der Waals surface area contributed by atoms with Crippen LogP contribution < -0.4 is 4.90 Å². The van der Waals surface area contributed by atoms with Crippen molar-refractivity contribution < 1.29 is 14.0 Å². The van der Waals surface area contributed by atoms with Crippen molar-refractivity contribution in [3.8, 4) is 0 Å². The largest absolute Gasteiger partial charge is 0.450 e. The van der Waals surface area contributed by atoms with E-state index >= 15 is 0 Å². The van der Waals surface area contributed by atoms with Gasteiger partial charge in [0.05, 0.1) is 11.3 Å². The lowest BCUT2D eigenvalue weighted by Gasteiger charge is -2.11. The van der Waals surface area contributed by atoms with E-state index in [1.165, 1.54) is 11.8 Å². The monoisotopic (exact) mass is 331 g/mol. The van der Waals surface area contributed by atoms with Crippen LogP contribution in [0.3, 0.4) is 0 Å². The third-order valence-corrected chi connectivity index (χ3v) is 3.49. The molecule has 0 bridgehead atoms. The molecular formula is C15H10BrNO3. The van der Waals surface area contributed by atoms with Gasteiger partial charge in [0.2, 0.25) is 5.91 Å². The second kappa shape index (κ2) is 4.76. The zero-order valence-electron chi connectivity index (χ0n) is 10.6. The molecule has 3 rings (SSSR count). The van der Waals surface area contributed by atoms with Crippen molar-refractivity contribution in [2.24, 2.45) is 0 Å². The molecule has 1 aromatic carbocycles. The number of carbonyl (C=O) groups is 2. The molecule has 100 valence electrons. The summed E-state index contributed by atoms with van der Waals surface area (Å²) in [4.78, 5) is 25.2. The average molecular weight is 332 g/mol. The van der Waals surface area contributed by atoms with Crippen LogP contribution in [0.1, 0.15) is 18.2 Å². The molecule has 0 unspecified atom stereocenters. The minimum atomic E-state index is -0.328. The Hall–Kier alpha value is -2.14. The van der Waals surface area contributed by atoms with Gasteiger partial charge in [0.1, 0.15) is 5.76 Å². The van der Waals surface area contributed by atoms with Crippen molar-refractivity contribution in [1.29, 1.82) is 0 Å². The van der Waals surface area contributed by atoms with Gasteiger partial charge in [-0.2, -0.15) is 0 Å². The van der Waals surface area contributed by atoms with Crippen molar-refractivity contribution in [3.63, 3.8) is 0 Å². The van der Waals surface area contributed by atoms with Crippen molar-refractivity contribution in [2.45, 2.75) is 6.92 Å². The SMILES string of the molecule is CC(=O)N1C(=O)/C(=C\c2ccc(Br)o2)c2ccccc21. The molecule has 2 heterocycles. The Labute approximate surface area is 123 Å². The number of benzene rings is 1. The van der Waals surface area contributed by atoms with Crippen LogP contribution in [0.15, 0.2) is 45.5 Å². The number of nitrogens with zero attached hydrogens (tertiary/aromatic N) is 1. The number of furan rings is 1. The van der Waals surface area contributed by atoms with E-state index in [1.807, 2.05) is 12.1 Å². The van der Waals surface area contributed by atoms with E-state index in [1.54, 1.807) is 30.3 Å². The molecule has 0 atom stereocenters. The number of amides is 2. The van der Waals surface area contributed by atoms with Crippen molar-refractivity contribution in [2.75, 3.05) is 4.90 Å². The van der Waals surface area contributed by atoms with Gasteiger partial charge in [-0.25, -0.2) is 4.90 Å². The summed E-state index contributed by atoms with van der Waals surface area (Å²) in [6, 6.07) is 10.7. The van der Waals surface area contributed by atoms with Gasteiger partial charge in [-0.05, 0) is 40.2 Å². The summed E-state index contributed by atoms with van der Waals surface area (Å²) in [5, 5.41) is 0. The molecule has 0 spiro atoms. The van der Waals surface area contributed by atoms with E-state index < -0.39 is 0 Å². The third kappa shape index (κ3) is 2.00. The summed E-state index contributed by atoms with van der Waals surface area (Å²) < 4.78 is 5.98. The van der Waals surface area contributed by atoms with Crippen LogP contribution in [0.2, 0.25) is 0 Å². The minimum Gasteiger partial charge on any atom is -0.450 e. The topological polar surface area (TPSA) is 50.5 Å². The fourth-order valence-corrected chi connectivity index (χ4v) is 2.56. The molecule has 1 aliphatic rings. The molecule has 0 N–H and O–H groups in total. The lowest BCUT2D eigenvalue weighted by Crippen LogP contribution is -2.30. The molecule has 5 heteroatoms. The van der Waals surface area contributed by atoms with Gasteiger partial charge in [0.15, 0.2) is 4.67 Å². The Morgan fingerprint density at radius 1 is 1.25 bits per heavy atom. The number of hydrogen-bond acceptors (Lipinski definition) is 3. The Bertz CT molecular complexity index is 745. The van der Waals surface area contributed by atoms with Crippen molar-refractivity contribution >= 4 is 45.1 Å². The maximum atomic E-state index is 12.4. The summed E-state index contributed by atoms with van der Waals surface area (Å²) in [5.74, 6) is -0.0712. The summed E-state index contributed by atoms with van der Waals surface area (Å²) in [6.45, 7) is 1.38. The number of fused-ring (bicyclic) bond motifs is 1. The van der Waals surface area contributed by atoms with Crippen LogP contribution in [0.5, 0.6) is 0 Å². The van der Waals surface area contributed by atoms with E-state index in [4.69, 9.17) is 4.42 Å². The number of rotatable bonds is 1. The zero-order valence-corrected chi connectivity index (χ0v) is 12.2. The summed E-state index contributed by atoms with van der Waals surface area (Å²) in [7, 11) is 0. The van der Waals surface area contributed by atoms with E-state index in [-0.39, 0.29) is 11.8 Å². The highest BCUT2D eigenvalue weighted by Crippen LogP contribution is 2.37. The molecule has 2 aromatic rings. The van der Waals surface area contributed by atoms with Crippen LogP contribution in [0, 0.1) is 0 Å². The highest BCUT2D eigenvalue weighted by molar-refractivity contribution is 9.10. The van der Waals surface area contributed by atoms with E-state index in [0.717, 1.165) is 5.56 Å². The first-order valence-electron chi connectivity index (χ1n) is 5.99. The Morgan fingerprint density at radius 2 is 2.00 bits per heavy atom. The first-order chi connectivity index (χ1) is 9.58.